The van der Waals surface area contributed by atoms with Crippen molar-refractivity contribution in [2.24, 2.45) is 0 Å². The second-order valence-corrected chi connectivity index (χ2v) is 9.34. The van der Waals surface area contributed by atoms with Crippen LogP contribution in [0.15, 0.2) is 24.3 Å². The Morgan fingerprint density at radius 3 is 2.41 bits per heavy atom. The lowest BCUT2D eigenvalue weighted by atomic mass is 10.1. The molecule has 0 unspecified atom stereocenters. The number of carbonyl (C=O) groups is 1. The summed E-state index contributed by atoms with van der Waals surface area (Å²) >= 11 is 0. The Bertz CT molecular complexity index is 771. The first-order chi connectivity index (χ1) is 12.6. The molecule has 0 aromatic heterocycles. The first kappa shape index (κ1) is 20.1. The van der Waals surface area contributed by atoms with Gasteiger partial charge >= 0.3 is 6.18 Å². The molecule has 9 heteroatoms. The molecule has 0 N–H and O–H groups in total. The van der Waals surface area contributed by atoms with Crippen molar-refractivity contribution in [2.45, 2.75) is 44.0 Å². The molecule has 3 rings (SSSR count). The largest absolute Gasteiger partial charge is 0.416 e. The van der Waals surface area contributed by atoms with Crippen molar-refractivity contribution in [3.8, 4) is 0 Å². The van der Waals surface area contributed by atoms with Crippen LogP contribution < -0.4 is 0 Å². The predicted molar refractivity (Wildman–Crippen MR) is 92.9 cm³/mol. The van der Waals surface area contributed by atoms with Crippen LogP contribution in [0.25, 0.3) is 0 Å². The maximum absolute atomic E-state index is 12.8. The molecule has 1 amide bonds. The van der Waals surface area contributed by atoms with E-state index in [1.54, 1.807) is 4.90 Å². The van der Waals surface area contributed by atoms with Crippen LogP contribution in [-0.4, -0.2) is 56.0 Å². The van der Waals surface area contributed by atoms with Crippen LogP contribution in [0.4, 0.5) is 13.2 Å². The molecular weight excluding hydrogens is 383 g/mol. The Morgan fingerprint density at radius 1 is 1.19 bits per heavy atom. The SMILES string of the molecule is O=C(Cc1ccc(C(F)(F)F)cc1)N(C[C@@H]1CCCO1)[C@@H]1CCS(=O)(=O)C1. The van der Waals surface area contributed by atoms with Gasteiger partial charge in [-0.2, -0.15) is 13.2 Å². The number of hydrogen-bond donors (Lipinski definition) is 0. The maximum Gasteiger partial charge on any atom is 0.416 e. The van der Waals surface area contributed by atoms with E-state index in [-0.39, 0.29) is 29.9 Å². The molecule has 150 valence electrons. The number of hydrogen-bond acceptors (Lipinski definition) is 4. The van der Waals surface area contributed by atoms with Gasteiger partial charge in [-0.1, -0.05) is 12.1 Å². The third kappa shape index (κ3) is 5.22. The van der Waals surface area contributed by atoms with E-state index < -0.39 is 27.6 Å². The maximum atomic E-state index is 12.8. The Morgan fingerprint density at radius 2 is 1.89 bits per heavy atom. The molecule has 0 bridgehead atoms. The van der Waals surface area contributed by atoms with Crippen molar-refractivity contribution in [1.29, 1.82) is 0 Å². The second-order valence-electron chi connectivity index (χ2n) is 7.11. The zero-order chi connectivity index (χ0) is 19.7. The monoisotopic (exact) mass is 405 g/mol. The minimum absolute atomic E-state index is 0.0489. The number of alkyl halides is 3. The zero-order valence-corrected chi connectivity index (χ0v) is 15.6. The van der Waals surface area contributed by atoms with Crippen LogP contribution in [0.3, 0.4) is 0 Å². The van der Waals surface area contributed by atoms with E-state index in [4.69, 9.17) is 4.74 Å². The van der Waals surface area contributed by atoms with Crippen LogP contribution >= 0.6 is 0 Å². The molecule has 5 nitrogen and oxygen atoms in total. The lowest BCUT2D eigenvalue weighted by molar-refractivity contribution is -0.137. The quantitative estimate of drug-likeness (QED) is 0.755. The van der Waals surface area contributed by atoms with Gasteiger partial charge in [0.05, 0.1) is 29.6 Å². The Hall–Kier alpha value is -1.61. The highest BCUT2D eigenvalue weighted by Gasteiger charge is 2.36. The standard InChI is InChI=1S/C18H22F3NO4S/c19-18(20,21)14-5-3-13(4-6-14)10-17(23)22(11-16-2-1-8-26-16)15-7-9-27(24,25)12-15/h3-6,15-16H,1-2,7-12H2/t15-,16+/m1/s1. The highest BCUT2D eigenvalue weighted by molar-refractivity contribution is 7.91. The van der Waals surface area contributed by atoms with E-state index in [1.807, 2.05) is 0 Å². The summed E-state index contributed by atoms with van der Waals surface area (Å²) < 4.78 is 67.2. The molecular formula is C18H22F3NO4S. The number of ether oxygens (including phenoxy) is 1. The van der Waals surface area contributed by atoms with Crippen molar-refractivity contribution in [3.63, 3.8) is 0 Å². The number of halogens is 3. The molecule has 2 heterocycles. The molecule has 2 atom stereocenters. The lowest BCUT2D eigenvalue weighted by Gasteiger charge is -2.30. The van der Waals surface area contributed by atoms with Gasteiger partial charge in [0.1, 0.15) is 0 Å². The van der Waals surface area contributed by atoms with Gasteiger partial charge in [-0.15, -0.1) is 0 Å². The normalized spacial score (nSPS) is 24.9. The van der Waals surface area contributed by atoms with Crippen LogP contribution in [-0.2, 0) is 32.0 Å². The summed E-state index contributed by atoms with van der Waals surface area (Å²) in [4.78, 5) is 14.4. The predicted octanol–water partition coefficient (Wildman–Crippen LogP) is 2.44. The van der Waals surface area contributed by atoms with E-state index in [9.17, 15) is 26.4 Å². The first-order valence-corrected chi connectivity index (χ1v) is 10.7. The average Bonchev–Trinajstić information content (AvgIpc) is 3.21. The number of rotatable bonds is 5. The van der Waals surface area contributed by atoms with Gasteiger partial charge in [0, 0.05) is 19.2 Å². The summed E-state index contributed by atoms with van der Waals surface area (Å²) in [5.74, 6) is -0.307. The Labute approximate surface area is 156 Å². The summed E-state index contributed by atoms with van der Waals surface area (Å²) in [7, 11) is -3.16. The summed E-state index contributed by atoms with van der Waals surface area (Å²) in [6, 6.07) is 4.08. The summed E-state index contributed by atoms with van der Waals surface area (Å²) in [6.45, 7) is 0.939. The van der Waals surface area contributed by atoms with Gasteiger partial charge in [-0.05, 0) is 37.0 Å². The van der Waals surface area contributed by atoms with Gasteiger partial charge in [-0.25, -0.2) is 8.42 Å². The number of amides is 1. The van der Waals surface area contributed by atoms with Gasteiger partial charge in [0.2, 0.25) is 5.91 Å². The molecule has 2 aliphatic rings. The van der Waals surface area contributed by atoms with Crippen molar-refractivity contribution >= 4 is 15.7 Å². The van der Waals surface area contributed by atoms with Gasteiger partial charge in [-0.3, -0.25) is 4.79 Å². The summed E-state index contributed by atoms with van der Waals surface area (Å²) in [5, 5.41) is 0. The molecule has 0 saturated carbocycles. The van der Waals surface area contributed by atoms with E-state index >= 15 is 0 Å². The van der Waals surface area contributed by atoms with Crippen LogP contribution in [0, 0.1) is 0 Å². The van der Waals surface area contributed by atoms with Gasteiger partial charge < -0.3 is 9.64 Å². The number of nitrogens with zero attached hydrogens (tertiary/aromatic N) is 1. The van der Waals surface area contributed by atoms with Gasteiger partial charge in [0.15, 0.2) is 9.84 Å². The zero-order valence-electron chi connectivity index (χ0n) is 14.7. The van der Waals surface area contributed by atoms with E-state index in [1.165, 1.54) is 12.1 Å². The van der Waals surface area contributed by atoms with Crippen molar-refractivity contribution in [1.82, 2.24) is 4.90 Å². The minimum Gasteiger partial charge on any atom is -0.376 e. The first-order valence-electron chi connectivity index (χ1n) is 8.92. The second kappa shape index (κ2) is 7.79. The smallest absolute Gasteiger partial charge is 0.376 e. The van der Waals surface area contributed by atoms with Crippen LogP contribution in [0.5, 0.6) is 0 Å². The van der Waals surface area contributed by atoms with E-state index in [2.05, 4.69) is 0 Å². The van der Waals surface area contributed by atoms with Crippen LogP contribution in [0.1, 0.15) is 30.4 Å². The topological polar surface area (TPSA) is 63.7 Å². The Balaban J connectivity index is 1.72. The van der Waals surface area contributed by atoms with Crippen LogP contribution in [0.2, 0.25) is 0 Å². The molecule has 2 aliphatic heterocycles. The highest BCUT2D eigenvalue weighted by Crippen LogP contribution is 2.29. The van der Waals surface area contributed by atoms with E-state index in [0.717, 1.165) is 25.0 Å². The lowest BCUT2D eigenvalue weighted by Crippen LogP contribution is -2.46. The minimum atomic E-state index is -4.42. The van der Waals surface area contributed by atoms with Crippen molar-refractivity contribution < 1.29 is 31.1 Å². The molecule has 27 heavy (non-hydrogen) atoms. The van der Waals surface area contributed by atoms with Gasteiger partial charge in [0.25, 0.3) is 0 Å². The molecule has 0 aliphatic carbocycles. The molecule has 1 aromatic rings. The average molecular weight is 405 g/mol. The number of carbonyl (C=O) groups excluding carboxylic acids is 1. The fraction of sp³-hybridized carbons (Fsp3) is 0.611. The highest BCUT2D eigenvalue weighted by atomic mass is 32.2. The molecule has 0 spiro atoms. The van der Waals surface area contributed by atoms with E-state index in [0.29, 0.717) is 25.1 Å². The van der Waals surface area contributed by atoms with Crippen molar-refractivity contribution in [2.75, 3.05) is 24.7 Å². The molecule has 0 radical (unpaired) electrons. The Kier molecular flexibility index (Phi) is 5.81. The fourth-order valence-electron chi connectivity index (χ4n) is 3.57. The molecule has 1 aromatic carbocycles. The van der Waals surface area contributed by atoms with Crippen molar-refractivity contribution in [3.05, 3.63) is 35.4 Å². The number of benzene rings is 1. The molecule has 2 fully saturated rings. The third-order valence-electron chi connectivity index (χ3n) is 5.03. The number of sulfone groups is 1. The third-order valence-corrected chi connectivity index (χ3v) is 6.78. The summed E-state index contributed by atoms with van der Waals surface area (Å²) in [5.41, 5.74) is -0.303. The molecule has 2 saturated heterocycles. The summed E-state index contributed by atoms with van der Waals surface area (Å²) in [6.07, 6.45) is -2.52. The fourth-order valence-corrected chi connectivity index (χ4v) is 5.30.